The zero-order valence-corrected chi connectivity index (χ0v) is 26.0. The van der Waals surface area contributed by atoms with Crippen LogP contribution in [0.3, 0.4) is 0 Å². The van der Waals surface area contributed by atoms with Gasteiger partial charge in [-0.15, -0.1) is 0 Å². The number of hydrogen-bond donors (Lipinski definition) is 0. The van der Waals surface area contributed by atoms with Crippen molar-refractivity contribution in [3.8, 4) is 44.7 Å². The van der Waals surface area contributed by atoms with Crippen molar-refractivity contribution in [1.82, 2.24) is 0 Å². The molecule has 0 aliphatic heterocycles. The first-order valence-electron chi connectivity index (χ1n) is 16.3. The fourth-order valence-corrected chi connectivity index (χ4v) is 7.55. The predicted molar refractivity (Wildman–Crippen MR) is 200 cm³/mol. The molecule has 10 aromatic rings. The number of rotatable bonds is 4. The lowest BCUT2D eigenvalue weighted by Gasteiger charge is -2.18. The third-order valence-electron chi connectivity index (χ3n) is 9.68. The summed E-state index contributed by atoms with van der Waals surface area (Å²) in [5.41, 5.74) is 10.7. The number of hydrogen-bond acceptors (Lipinski definition) is 2. The van der Waals surface area contributed by atoms with Gasteiger partial charge in [-0.2, -0.15) is 0 Å². The van der Waals surface area contributed by atoms with Gasteiger partial charge in [0.1, 0.15) is 22.5 Å². The molecule has 0 aliphatic carbocycles. The minimum absolute atomic E-state index is 0.848. The Morgan fingerprint density at radius 3 is 1.25 bits per heavy atom. The molecule has 0 saturated carbocycles. The van der Waals surface area contributed by atoms with Crippen molar-refractivity contribution in [2.45, 2.75) is 0 Å². The Labute approximate surface area is 277 Å². The highest BCUT2D eigenvalue weighted by atomic mass is 16.3. The van der Waals surface area contributed by atoms with Crippen LogP contribution in [-0.4, -0.2) is 0 Å². The van der Waals surface area contributed by atoms with E-state index in [4.69, 9.17) is 8.83 Å². The molecule has 0 amide bonds. The smallest absolute Gasteiger partial charge is 0.143 e. The Hall–Kier alpha value is -6.38. The molecule has 0 saturated heterocycles. The summed E-state index contributed by atoms with van der Waals surface area (Å²) in [6.45, 7) is 0. The number of fused-ring (bicyclic) bond motifs is 6. The molecule has 48 heavy (non-hydrogen) atoms. The molecule has 0 spiro atoms. The van der Waals surface area contributed by atoms with Crippen molar-refractivity contribution in [3.63, 3.8) is 0 Å². The zero-order chi connectivity index (χ0) is 31.6. The topological polar surface area (TPSA) is 26.3 Å². The first-order chi connectivity index (χ1) is 23.8. The molecular formula is C46H28O2. The van der Waals surface area contributed by atoms with Crippen molar-refractivity contribution >= 4 is 54.5 Å². The van der Waals surface area contributed by atoms with Crippen LogP contribution in [0.2, 0.25) is 0 Å². The van der Waals surface area contributed by atoms with Crippen molar-refractivity contribution in [3.05, 3.63) is 170 Å². The summed E-state index contributed by atoms with van der Waals surface area (Å²) >= 11 is 0. The van der Waals surface area contributed by atoms with Crippen molar-refractivity contribution in [1.29, 1.82) is 0 Å². The maximum absolute atomic E-state index is 6.71. The Morgan fingerprint density at radius 1 is 0.250 bits per heavy atom. The van der Waals surface area contributed by atoms with Crippen LogP contribution in [0.15, 0.2) is 179 Å². The molecule has 0 radical (unpaired) electrons. The normalized spacial score (nSPS) is 11.8. The second kappa shape index (κ2) is 10.6. The Kier molecular flexibility index (Phi) is 5.91. The van der Waals surface area contributed by atoms with Gasteiger partial charge >= 0.3 is 0 Å². The van der Waals surface area contributed by atoms with Crippen LogP contribution in [0.4, 0.5) is 0 Å². The molecule has 2 heterocycles. The van der Waals surface area contributed by atoms with Gasteiger partial charge in [-0.25, -0.2) is 0 Å². The lowest BCUT2D eigenvalue weighted by molar-refractivity contribution is 0.632. The summed E-state index contributed by atoms with van der Waals surface area (Å²) in [6, 6.07) is 60.2. The second-order valence-electron chi connectivity index (χ2n) is 12.4. The number of furan rings is 2. The summed E-state index contributed by atoms with van der Waals surface area (Å²) < 4.78 is 13.0. The molecule has 0 unspecified atom stereocenters. The maximum Gasteiger partial charge on any atom is 0.143 e. The van der Waals surface area contributed by atoms with E-state index in [1.807, 2.05) is 24.3 Å². The highest BCUT2D eigenvalue weighted by molar-refractivity contribution is 6.21. The SMILES string of the molecule is c1ccc(-c2oc3cc4c(cc3c2-c2ccc(-c3c5ccccc5c(-c5ccccc5)c5ccccc35)cc2)oc2ccccc24)cc1. The molecule has 10 rings (SSSR count). The van der Waals surface area contributed by atoms with Crippen LogP contribution in [0, 0.1) is 0 Å². The Balaban J connectivity index is 1.20. The minimum Gasteiger partial charge on any atom is -0.456 e. The summed E-state index contributed by atoms with van der Waals surface area (Å²) in [7, 11) is 0. The van der Waals surface area contributed by atoms with Crippen LogP contribution < -0.4 is 0 Å². The second-order valence-corrected chi connectivity index (χ2v) is 12.4. The van der Waals surface area contributed by atoms with Gasteiger partial charge in [0.05, 0.1) is 0 Å². The zero-order valence-electron chi connectivity index (χ0n) is 26.0. The predicted octanol–water partition coefficient (Wildman–Crippen LogP) is 13.3. The van der Waals surface area contributed by atoms with E-state index in [0.717, 1.165) is 55.4 Å². The summed E-state index contributed by atoms with van der Waals surface area (Å²) in [5, 5.41) is 8.19. The largest absolute Gasteiger partial charge is 0.456 e. The van der Waals surface area contributed by atoms with E-state index in [-0.39, 0.29) is 0 Å². The molecule has 0 fully saturated rings. The van der Waals surface area contributed by atoms with Crippen LogP contribution in [-0.2, 0) is 0 Å². The average Bonchev–Trinajstić information content (AvgIpc) is 3.71. The molecule has 2 aromatic heterocycles. The quantitative estimate of drug-likeness (QED) is 0.185. The van der Waals surface area contributed by atoms with Crippen LogP contribution >= 0.6 is 0 Å². The van der Waals surface area contributed by atoms with Gasteiger partial charge in [0.2, 0.25) is 0 Å². The fraction of sp³-hybridized carbons (Fsp3) is 0. The first kappa shape index (κ1) is 26.8. The van der Waals surface area contributed by atoms with Gasteiger partial charge in [-0.05, 0) is 67.6 Å². The Bertz CT molecular complexity index is 2750. The lowest BCUT2D eigenvalue weighted by Crippen LogP contribution is -1.90. The molecule has 0 bridgehead atoms. The minimum atomic E-state index is 0.848. The summed E-state index contributed by atoms with van der Waals surface area (Å²) in [5.74, 6) is 0.860. The molecule has 0 N–H and O–H groups in total. The summed E-state index contributed by atoms with van der Waals surface area (Å²) in [4.78, 5) is 0. The van der Waals surface area contributed by atoms with Gasteiger partial charge in [0.15, 0.2) is 0 Å². The van der Waals surface area contributed by atoms with E-state index >= 15 is 0 Å². The molecule has 8 aromatic carbocycles. The van der Waals surface area contributed by atoms with Crippen molar-refractivity contribution < 1.29 is 8.83 Å². The summed E-state index contributed by atoms with van der Waals surface area (Å²) in [6.07, 6.45) is 0. The maximum atomic E-state index is 6.71. The Morgan fingerprint density at radius 2 is 0.667 bits per heavy atom. The highest BCUT2D eigenvalue weighted by Gasteiger charge is 2.21. The average molecular weight is 613 g/mol. The monoisotopic (exact) mass is 612 g/mol. The number of benzene rings is 8. The standard InChI is InChI=1S/C46H28O2/c1-3-13-29(14-4-1)43-34-18-7-9-20-36(34)44(37-21-10-8-19-35(37)43)30-23-25-31(26-24-30)45-39-28-41-38(33-17-11-12-22-40(33)47-41)27-42(39)48-46(45)32-15-5-2-6-16-32/h1-28H. The third-order valence-corrected chi connectivity index (χ3v) is 9.68. The van der Waals surface area contributed by atoms with E-state index in [9.17, 15) is 0 Å². The molecule has 2 heteroatoms. The van der Waals surface area contributed by atoms with Gasteiger partial charge in [0, 0.05) is 27.3 Å². The molecule has 0 atom stereocenters. The van der Waals surface area contributed by atoms with E-state index in [1.54, 1.807) is 0 Å². The molecule has 0 aliphatic rings. The van der Waals surface area contributed by atoms with E-state index < -0.39 is 0 Å². The third kappa shape index (κ3) is 4.06. The molecule has 224 valence electrons. The van der Waals surface area contributed by atoms with Gasteiger partial charge in [-0.3, -0.25) is 0 Å². The van der Waals surface area contributed by atoms with Crippen LogP contribution in [0.5, 0.6) is 0 Å². The van der Waals surface area contributed by atoms with E-state index in [2.05, 4.69) is 146 Å². The van der Waals surface area contributed by atoms with Gasteiger partial charge < -0.3 is 8.83 Å². The van der Waals surface area contributed by atoms with E-state index in [1.165, 1.54) is 43.8 Å². The van der Waals surface area contributed by atoms with E-state index in [0.29, 0.717) is 0 Å². The molecular weight excluding hydrogens is 585 g/mol. The molecule has 2 nitrogen and oxygen atoms in total. The van der Waals surface area contributed by atoms with Crippen molar-refractivity contribution in [2.75, 3.05) is 0 Å². The highest BCUT2D eigenvalue weighted by Crippen LogP contribution is 2.46. The van der Waals surface area contributed by atoms with Gasteiger partial charge in [-0.1, -0.05) is 152 Å². The first-order valence-corrected chi connectivity index (χ1v) is 16.3. The van der Waals surface area contributed by atoms with Crippen molar-refractivity contribution in [2.24, 2.45) is 0 Å². The van der Waals surface area contributed by atoms with Crippen LogP contribution in [0.1, 0.15) is 0 Å². The fourth-order valence-electron chi connectivity index (χ4n) is 7.55. The van der Waals surface area contributed by atoms with Crippen LogP contribution in [0.25, 0.3) is 99.2 Å². The lowest BCUT2D eigenvalue weighted by atomic mass is 9.85. The van der Waals surface area contributed by atoms with Gasteiger partial charge in [0.25, 0.3) is 0 Å². The number of para-hydroxylation sites is 1.